The highest BCUT2D eigenvalue weighted by Crippen LogP contribution is 1.94. The van der Waals surface area contributed by atoms with Gasteiger partial charge >= 0.3 is 0 Å². The highest BCUT2D eigenvalue weighted by Gasteiger charge is 1.96. The Kier molecular flexibility index (Phi) is 2.91. The van der Waals surface area contributed by atoms with Gasteiger partial charge in [0.15, 0.2) is 0 Å². The van der Waals surface area contributed by atoms with E-state index in [0.29, 0.717) is 0 Å². The molecule has 0 aliphatic rings. The van der Waals surface area contributed by atoms with Crippen molar-refractivity contribution in [2.24, 2.45) is 5.73 Å². The molecule has 0 fully saturated rings. The molecule has 0 bridgehead atoms. The molecule has 0 radical (unpaired) electrons. The van der Waals surface area contributed by atoms with Crippen LogP contribution in [0.5, 0.6) is 0 Å². The van der Waals surface area contributed by atoms with Gasteiger partial charge in [-0.3, -0.25) is 0 Å². The Bertz CT molecular complexity index is 111. The Hall–Kier alpha value is -0.860. The minimum atomic E-state index is 0.808. The quantitative estimate of drug-likeness (QED) is 0.547. The van der Waals surface area contributed by atoms with Crippen molar-refractivity contribution in [2.75, 3.05) is 21.1 Å². The summed E-state index contributed by atoms with van der Waals surface area (Å²) in [7, 11) is 5.75. The monoisotopic (exact) mass is 129 g/mol. The van der Waals surface area contributed by atoms with Gasteiger partial charge in [0.2, 0.25) is 0 Å². The van der Waals surface area contributed by atoms with Crippen LogP contribution in [0.4, 0.5) is 0 Å². The second-order valence-electron chi connectivity index (χ2n) is 2.18. The molecule has 0 aromatic heterocycles. The lowest BCUT2D eigenvalue weighted by atomic mass is 10.5. The van der Waals surface area contributed by atoms with Crippen molar-refractivity contribution in [1.82, 2.24) is 10.2 Å². The summed E-state index contributed by atoms with van der Waals surface area (Å²) in [6.45, 7) is 1.87. The van der Waals surface area contributed by atoms with E-state index in [4.69, 9.17) is 5.73 Å². The van der Waals surface area contributed by atoms with Crippen molar-refractivity contribution in [3.05, 3.63) is 11.5 Å². The number of nitrogens with one attached hydrogen (secondary N) is 1. The fourth-order valence-electron chi connectivity index (χ4n) is 0.773. The van der Waals surface area contributed by atoms with Gasteiger partial charge in [-0.05, 0) is 6.92 Å². The lowest BCUT2D eigenvalue weighted by molar-refractivity contribution is 0.467. The average molecular weight is 129 g/mol. The number of nitrogens with zero attached hydrogens (tertiary/aromatic N) is 1. The maximum Gasteiger partial charge on any atom is 0.120 e. The van der Waals surface area contributed by atoms with E-state index in [-0.39, 0.29) is 0 Å². The summed E-state index contributed by atoms with van der Waals surface area (Å²) < 4.78 is 0. The molecule has 0 unspecified atom stereocenters. The van der Waals surface area contributed by atoms with Gasteiger partial charge in [-0.2, -0.15) is 0 Å². The van der Waals surface area contributed by atoms with E-state index in [1.807, 2.05) is 33.0 Å². The number of hydrogen-bond acceptors (Lipinski definition) is 3. The molecule has 3 nitrogen and oxygen atoms in total. The molecule has 0 aliphatic heterocycles. The molecule has 0 rings (SSSR count). The first-order valence-electron chi connectivity index (χ1n) is 2.91. The van der Waals surface area contributed by atoms with Crippen molar-refractivity contribution < 1.29 is 0 Å². The van der Waals surface area contributed by atoms with Crippen LogP contribution < -0.4 is 11.1 Å². The molecule has 54 valence electrons. The zero-order valence-electron chi connectivity index (χ0n) is 6.52. The summed E-state index contributed by atoms with van der Waals surface area (Å²) in [6.07, 6.45) is 0. The Morgan fingerprint density at radius 2 is 1.89 bits per heavy atom. The lowest BCUT2D eigenvalue weighted by Crippen LogP contribution is -2.25. The Labute approximate surface area is 56.5 Å². The van der Waals surface area contributed by atoms with E-state index in [9.17, 15) is 0 Å². The molecule has 3 N–H and O–H groups in total. The number of hydrogen-bond donors (Lipinski definition) is 2. The topological polar surface area (TPSA) is 41.3 Å². The van der Waals surface area contributed by atoms with Crippen LogP contribution in [0.25, 0.3) is 0 Å². The number of rotatable bonds is 2. The van der Waals surface area contributed by atoms with Gasteiger partial charge in [-0.25, -0.2) is 0 Å². The normalized spacial score (nSPS) is 12.4. The number of allylic oxidation sites excluding steroid dienone is 1. The van der Waals surface area contributed by atoms with Crippen LogP contribution in [0.3, 0.4) is 0 Å². The van der Waals surface area contributed by atoms with Crippen molar-refractivity contribution >= 4 is 0 Å². The molecular weight excluding hydrogens is 114 g/mol. The first-order valence-corrected chi connectivity index (χ1v) is 2.91. The largest absolute Gasteiger partial charge is 0.399 e. The molecular formula is C6H15N3. The van der Waals surface area contributed by atoms with Gasteiger partial charge in [0, 0.05) is 26.8 Å². The van der Waals surface area contributed by atoms with Crippen molar-refractivity contribution in [1.29, 1.82) is 0 Å². The predicted octanol–water partition coefficient (Wildman–Crippen LogP) is -0.0849. The molecule has 3 heteroatoms. The molecule has 0 aromatic carbocycles. The van der Waals surface area contributed by atoms with Crippen LogP contribution in [0.2, 0.25) is 0 Å². The van der Waals surface area contributed by atoms with Gasteiger partial charge in [0.05, 0.1) is 0 Å². The summed E-state index contributed by atoms with van der Waals surface area (Å²) in [6, 6.07) is 0. The van der Waals surface area contributed by atoms with Gasteiger partial charge in [0.1, 0.15) is 5.82 Å². The highest BCUT2D eigenvalue weighted by molar-refractivity contribution is 5.03. The fourth-order valence-corrected chi connectivity index (χ4v) is 0.773. The SMILES string of the molecule is CN/C(=C(/C)N)N(C)C. The standard InChI is InChI=1S/C6H15N3/c1-5(7)6(8-2)9(3)4/h8H,7H2,1-4H3/b6-5+. The van der Waals surface area contributed by atoms with E-state index < -0.39 is 0 Å². The van der Waals surface area contributed by atoms with E-state index in [0.717, 1.165) is 11.5 Å². The van der Waals surface area contributed by atoms with Crippen molar-refractivity contribution in [2.45, 2.75) is 6.92 Å². The van der Waals surface area contributed by atoms with Gasteiger partial charge in [0.25, 0.3) is 0 Å². The van der Waals surface area contributed by atoms with Gasteiger partial charge in [-0.15, -0.1) is 0 Å². The smallest absolute Gasteiger partial charge is 0.120 e. The summed E-state index contributed by atoms with van der Waals surface area (Å²) in [4.78, 5) is 1.94. The van der Waals surface area contributed by atoms with E-state index in [1.165, 1.54) is 0 Å². The molecule has 0 saturated carbocycles. The van der Waals surface area contributed by atoms with E-state index in [2.05, 4.69) is 5.32 Å². The summed E-state index contributed by atoms with van der Waals surface area (Å²) in [5.74, 6) is 0.968. The molecule has 0 amide bonds. The van der Waals surface area contributed by atoms with Crippen LogP contribution in [0.1, 0.15) is 6.92 Å². The molecule has 0 spiro atoms. The van der Waals surface area contributed by atoms with Crippen LogP contribution in [-0.4, -0.2) is 26.0 Å². The molecule has 0 saturated heterocycles. The zero-order chi connectivity index (χ0) is 7.44. The van der Waals surface area contributed by atoms with Crippen molar-refractivity contribution in [3.63, 3.8) is 0 Å². The zero-order valence-corrected chi connectivity index (χ0v) is 6.52. The van der Waals surface area contributed by atoms with Gasteiger partial charge in [-0.1, -0.05) is 0 Å². The van der Waals surface area contributed by atoms with Crippen LogP contribution in [-0.2, 0) is 0 Å². The fraction of sp³-hybridized carbons (Fsp3) is 0.667. The predicted molar refractivity (Wildman–Crippen MR) is 39.6 cm³/mol. The average Bonchev–Trinajstić information content (AvgIpc) is 1.64. The number of nitrogens with two attached hydrogens (primary N) is 1. The minimum Gasteiger partial charge on any atom is -0.399 e. The third kappa shape index (κ3) is 2.26. The van der Waals surface area contributed by atoms with Crippen LogP contribution in [0.15, 0.2) is 11.5 Å². The van der Waals surface area contributed by atoms with Crippen LogP contribution >= 0.6 is 0 Å². The maximum absolute atomic E-state index is 5.52. The first-order chi connectivity index (χ1) is 4.09. The molecule has 0 heterocycles. The minimum absolute atomic E-state index is 0.808. The summed E-state index contributed by atoms with van der Waals surface area (Å²) >= 11 is 0. The van der Waals surface area contributed by atoms with Crippen molar-refractivity contribution in [3.8, 4) is 0 Å². The Balaban J connectivity index is 4.16. The van der Waals surface area contributed by atoms with Crippen LogP contribution in [0, 0.1) is 0 Å². The van der Waals surface area contributed by atoms with E-state index in [1.54, 1.807) is 0 Å². The highest BCUT2D eigenvalue weighted by atomic mass is 15.2. The van der Waals surface area contributed by atoms with E-state index >= 15 is 0 Å². The third-order valence-electron chi connectivity index (χ3n) is 1.06. The molecule has 0 atom stereocenters. The summed E-state index contributed by atoms with van der Waals surface area (Å²) in [5, 5.41) is 2.98. The second-order valence-corrected chi connectivity index (χ2v) is 2.18. The third-order valence-corrected chi connectivity index (χ3v) is 1.06. The van der Waals surface area contributed by atoms with Gasteiger partial charge < -0.3 is 16.0 Å². The molecule has 9 heavy (non-hydrogen) atoms. The second kappa shape index (κ2) is 3.22. The maximum atomic E-state index is 5.52. The Morgan fingerprint density at radius 3 is 1.89 bits per heavy atom. The molecule has 0 aliphatic carbocycles. The molecule has 0 aromatic rings. The first kappa shape index (κ1) is 8.14. The Morgan fingerprint density at radius 1 is 1.44 bits per heavy atom. The lowest BCUT2D eigenvalue weighted by Gasteiger charge is -2.17. The summed E-state index contributed by atoms with van der Waals surface area (Å²) in [5.41, 5.74) is 6.33.